The van der Waals surface area contributed by atoms with Crippen LogP contribution >= 0.6 is 0 Å². The van der Waals surface area contributed by atoms with Crippen molar-refractivity contribution >= 4 is 22.8 Å². The molecule has 0 spiro atoms. The van der Waals surface area contributed by atoms with Gasteiger partial charge in [-0.1, -0.05) is 55.0 Å². The summed E-state index contributed by atoms with van der Waals surface area (Å²) in [6.07, 6.45) is 3.24. The van der Waals surface area contributed by atoms with E-state index in [0.29, 0.717) is 11.5 Å². The third kappa shape index (κ3) is 2.81. The first-order valence-corrected chi connectivity index (χ1v) is 8.77. The number of carbonyl (C=O) groups is 1. The van der Waals surface area contributed by atoms with E-state index in [1.54, 1.807) is 0 Å². The number of hydrogen-bond acceptors (Lipinski definition) is 2. The average molecular weight is 344 g/mol. The van der Waals surface area contributed by atoms with Crippen molar-refractivity contribution in [2.45, 2.75) is 25.2 Å². The summed E-state index contributed by atoms with van der Waals surface area (Å²) in [5.74, 6) is -0.324. The second-order valence-electron chi connectivity index (χ2n) is 6.60. The molecule has 0 bridgehead atoms. The van der Waals surface area contributed by atoms with Crippen molar-refractivity contribution in [2.24, 2.45) is 16.5 Å². The van der Waals surface area contributed by atoms with E-state index in [9.17, 15) is 4.79 Å². The normalized spacial score (nSPS) is 14.0. The lowest BCUT2D eigenvalue weighted by molar-refractivity contribution is 0.100. The van der Waals surface area contributed by atoms with Gasteiger partial charge in [-0.15, -0.1) is 0 Å². The fourth-order valence-corrected chi connectivity index (χ4v) is 3.54. The topological polar surface area (TPSA) is 94.4 Å². The first-order chi connectivity index (χ1) is 12.6. The molecular weight excluding hydrogens is 324 g/mol. The standard InChI is InChI=1S/C21H20N4O/c22-21(23)25-20(26)18-15-11-4-5-12-16(15)24-19(14-7-2-1-3-8-14)17(18)13-9-6-10-13/h1-5,7-8,11-13H,6,9-10H2,(H4,22,23,25,26). The Labute approximate surface area is 151 Å². The van der Waals surface area contributed by atoms with Gasteiger partial charge < -0.3 is 11.5 Å². The first kappa shape index (κ1) is 16.3. The van der Waals surface area contributed by atoms with E-state index in [1.165, 1.54) is 0 Å². The van der Waals surface area contributed by atoms with E-state index >= 15 is 0 Å². The highest BCUT2D eigenvalue weighted by molar-refractivity contribution is 6.12. The fourth-order valence-electron chi connectivity index (χ4n) is 3.54. The van der Waals surface area contributed by atoms with Crippen LogP contribution in [-0.2, 0) is 0 Å². The number of benzene rings is 2. The van der Waals surface area contributed by atoms with Crippen LogP contribution < -0.4 is 11.5 Å². The molecule has 4 N–H and O–H groups in total. The largest absolute Gasteiger partial charge is 0.370 e. The quantitative estimate of drug-likeness (QED) is 0.561. The minimum atomic E-state index is -0.400. The molecule has 2 aromatic carbocycles. The molecule has 1 aromatic heterocycles. The van der Waals surface area contributed by atoms with Crippen LogP contribution in [0.25, 0.3) is 22.2 Å². The van der Waals surface area contributed by atoms with Crippen molar-refractivity contribution in [1.82, 2.24) is 4.98 Å². The number of pyridine rings is 1. The number of rotatable bonds is 3. The number of nitrogens with zero attached hydrogens (tertiary/aromatic N) is 2. The van der Waals surface area contributed by atoms with Gasteiger partial charge in [-0.3, -0.25) is 4.79 Å². The molecule has 0 saturated heterocycles. The number of nitrogens with two attached hydrogens (primary N) is 2. The van der Waals surface area contributed by atoms with Gasteiger partial charge in [0.1, 0.15) is 0 Å². The molecular formula is C21H20N4O. The number of para-hydroxylation sites is 1. The maximum Gasteiger partial charge on any atom is 0.281 e. The summed E-state index contributed by atoms with van der Waals surface area (Å²) in [6.45, 7) is 0. The number of guanidine groups is 1. The molecule has 1 fully saturated rings. The van der Waals surface area contributed by atoms with E-state index in [1.807, 2.05) is 54.6 Å². The van der Waals surface area contributed by atoms with Crippen molar-refractivity contribution in [3.63, 3.8) is 0 Å². The molecule has 1 amide bonds. The number of amides is 1. The number of carbonyl (C=O) groups excluding carboxylic acids is 1. The summed E-state index contributed by atoms with van der Waals surface area (Å²) in [5, 5.41) is 0.795. The maximum atomic E-state index is 12.9. The Balaban J connectivity index is 2.08. The smallest absolute Gasteiger partial charge is 0.281 e. The Kier molecular flexibility index (Phi) is 4.13. The zero-order valence-corrected chi connectivity index (χ0v) is 14.4. The summed E-state index contributed by atoms with van der Waals surface area (Å²) in [7, 11) is 0. The van der Waals surface area contributed by atoms with Crippen molar-refractivity contribution in [2.75, 3.05) is 0 Å². The summed E-state index contributed by atoms with van der Waals surface area (Å²) < 4.78 is 0. The van der Waals surface area contributed by atoms with E-state index in [-0.39, 0.29) is 5.96 Å². The Hall–Kier alpha value is -3.21. The third-order valence-corrected chi connectivity index (χ3v) is 4.94. The minimum Gasteiger partial charge on any atom is -0.370 e. The van der Waals surface area contributed by atoms with Crippen molar-refractivity contribution in [1.29, 1.82) is 0 Å². The van der Waals surface area contributed by atoms with Gasteiger partial charge in [0.2, 0.25) is 0 Å². The second-order valence-corrected chi connectivity index (χ2v) is 6.60. The second kappa shape index (κ2) is 6.59. The Morgan fingerprint density at radius 1 is 1.00 bits per heavy atom. The molecule has 4 rings (SSSR count). The predicted octanol–water partition coefficient (Wildman–Crippen LogP) is 3.58. The molecule has 3 aromatic rings. The molecule has 0 unspecified atom stereocenters. The molecule has 0 radical (unpaired) electrons. The highest BCUT2D eigenvalue weighted by Gasteiger charge is 2.30. The first-order valence-electron chi connectivity index (χ1n) is 8.77. The van der Waals surface area contributed by atoms with Crippen LogP contribution in [0, 0.1) is 0 Å². The van der Waals surface area contributed by atoms with Crippen LogP contribution in [0.5, 0.6) is 0 Å². The van der Waals surface area contributed by atoms with Gasteiger partial charge in [0.15, 0.2) is 5.96 Å². The maximum absolute atomic E-state index is 12.9. The number of hydrogen-bond donors (Lipinski definition) is 2. The van der Waals surface area contributed by atoms with Crippen molar-refractivity contribution < 1.29 is 4.79 Å². The van der Waals surface area contributed by atoms with Gasteiger partial charge in [-0.05, 0) is 30.4 Å². The summed E-state index contributed by atoms with van der Waals surface area (Å²) >= 11 is 0. The van der Waals surface area contributed by atoms with E-state index in [4.69, 9.17) is 16.5 Å². The molecule has 0 atom stereocenters. The lowest BCUT2D eigenvalue weighted by Gasteiger charge is -2.30. The summed E-state index contributed by atoms with van der Waals surface area (Å²) in [4.78, 5) is 21.7. The van der Waals surface area contributed by atoms with Gasteiger partial charge in [0.05, 0.1) is 16.8 Å². The highest BCUT2D eigenvalue weighted by atomic mass is 16.1. The SMILES string of the molecule is NC(N)=NC(=O)c1c(C2CCC2)c(-c2ccccc2)nc2ccccc12. The van der Waals surface area contributed by atoms with Crippen LogP contribution in [0.2, 0.25) is 0 Å². The van der Waals surface area contributed by atoms with E-state index in [2.05, 4.69) is 4.99 Å². The van der Waals surface area contributed by atoms with Crippen LogP contribution in [0.15, 0.2) is 59.6 Å². The molecule has 1 aliphatic rings. The molecule has 0 aliphatic heterocycles. The Bertz CT molecular complexity index is 1000. The number of fused-ring (bicyclic) bond motifs is 1. The molecule has 130 valence electrons. The summed E-state index contributed by atoms with van der Waals surface area (Å²) in [6, 6.07) is 17.6. The minimum absolute atomic E-state index is 0.225. The number of aromatic nitrogens is 1. The lowest BCUT2D eigenvalue weighted by atomic mass is 9.75. The van der Waals surface area contributed by atoms with E-state index < -0.39 is 5.91 Å². The average Bonchev–Trinajstić information content (AvgIpc) is 2.59. The van der Waals surface area contributed by atoms with Crippen LogP contribution in [0.3, 0.4) is 0 Å². The Morgan fingerprint density at radius 2 is 1.69 bits per heavy atom. The van der Waals surface area contributed by atoms with Crippen molar-refractivity contribution in [3.8, 4) is 11.3 Å². The number of aliphatic imine (C=N–C) groups is 1. The third-order valence-electron chi connectivity index (χ3n) is 4.94. The monoisotopic (exact) mass is 344 g/mol. The zero-order valence-electron chi connectivity index (χ0n) is 14.4. The molecule has 1 saturated carbocycles. The summed E-state index contributed by atoms with van der Waals surface area (Å²) in [5.41, 5.74) is 15.1. The molecule has 26 heavy (non-hydrogen) atoms. The zero-order chi connectivity index (χ0) is 18.1. The van der Waals surface area contributed by atoms with Gasteiger partial charge >= 0.3 is 0 Å². The van der Waals surface area contributed by atoms with Crippen LogP contribution in [-0.4, -0.2) is 16.9 Å². The molecule has 5 nitrogen and oxygen atoms in total. The van der Waals surface area contributed by atoms with E-state index in [0.717, 1.165) is 47.0 Å². The van der Waals surface area contributed by atoms with Gasteiger partial charge in [-0.25, -0.2) is 4.98 Å². The van der Waals surface area contributed by atoms with Crippen LogP contribution in [0.4, 0.5) is 0 Å². The molecule has 1 aliphatic carbocycles. The van der Waals surface area contributed by atoms with Gasteiger partial charge in [0, 0.05) is 10.9 Å². The van der Waals surface area contributed by atoms with Gasteiger partial charge in [0.25, 0.3) is 5.91 Å². The fraction of sp³-hybridized carbons (Fsp3) is 0.190. The molecule has 5 heteroatoms. The van der Waals surface area contributed by atoms with Gasteiger partial charge in [-0.2, -0.15) is 4.99 Å². The predicted molar refractivity (Wildman–Crippen MR) is 104 cm³/mol. The Morgan fingerprint density at radius 3 is 2.35 bits per heavy atom. The highest BCUT2D eigenvalue weighted by Crippen LogP contribution is 2.44. The van der Waals surface area contributed by atoms with Crippen LogP contribution in [0.1, 0.15) is 41.1 Å². The van der Waals surface area contributed by atoms with Crippen molar-refractivity contribution in [3.05, 3.63) is 65.7 Å². The molecule has 1 heterocycles. The lowest BCUT2D eigenvalue weighted by Crippen LogP contribution is -2.25.